The van der Waals surface area contributed by atoms with Crippen LogP contribution in [0.4, 0.5) is 5.69 Å². The molecule has 0 unspecified atom stereocenters. The van der Waals surface area contributed by atoms with E-state index in [4.69, 9.17) is 9.15 Å². The van der Waals surface area contributed by atoms with Crippen LogP contribution < -0.4 is 9.64 Å². The average Bonchev–Trinajstić information content (AvgIpc) is 3.31. The molecule has 2 heterocycles. The number of furan rings is 1. The second-order valence-corrected chi connectivity index (χ2v) is 6.84. The number of hydrogen-bond acceptors (Lipinski definition) is 4. The molecule has 0 bridgehead atoms. The molecule has 0 saturated carbocycles. The molecule has 5 heteroatoms. The number of nitrogens with zero attached hydrogens (tertiary/aromatic N) is 1. The number of carbonyl (C=O) groups excluding carboxylic acids is 2. The number of ether oxygens (including phenoxy) is 1. The summed E-state index contributed by atoms with van der Waals surface area (Å²) in [6, 6.07) is 20.0. The first-order valence-corrected chi connectivity index (χ1v) is 9.23. The van der Waals surface area contributed by atoms with Gasteiger partial charge in [-0.1, -0.05) is 18.2 Å². The maximum absolute atomic E-state index is 12.5. The molecule has 1 aliphatic rings. The highest BCUT2D eigenvalue weighted by molar-refractivity contribution is 6.05. The number of benzene rings is 3. The van der Waals surface area contributed by atoms with Gasteiger partial charge in [0, 0.05) is 29.4 Å². The summed E-state index contributed by atoms with van der Waals surface area (Å²) in [5, 5.41) is 1.89. The molecule has 138 valence electrons. The molecule has 4 aromatic rings. The highest BCUT2D eigenvalue weighted by Gasteiger charge is 2.22. The zero-order valence-corrected chi connectivity index (χ0v) is 15.1. The SMILES string of the molecule is O=C(Oc1ccc2oc3ccccc3c2c1)c1ccc(N2CCCC2=O)cc1. The first-order valence-electron chi connectivity index (χ1n) is 9.23. The van der Waals surface area contributed by atoms with Gasteiger partial charge >= 0.3 is 5.97 Å². The summed E-state index contributed by atoms with van der Waals surface area (Å²) in [6.45, 7) is 0.724. The Morgan fingerprint density at radius 2 is 1.71 bits per heavy atom. The van der Waals surface area contributed by atoms with Crippen LogP contribution in [0.1, 0.15) is 23.2 Å². The van der Waals surface area contributed by atoms with Gasteiger partial charge in [0.2, 0.25) is 5.91 Å². The lowest BCUT2D eigenvalue weighted by Gasteiger charge is -2.15. The summed E-state index contributed by atoms with van der Waals surface area (Å²) in [5.74, 6) is 0.144. The predicted molar refractivity (Wildman–Crippen MR) is 107 cm³/mol. The Bertz CT molecular complexity index is 1210. The van der Waals surface area contributed by atoms with Crippen LogP contribution in [0.5, 0.6) is 5.75 Å². The molecule has 3 aromatic carbocycles. The summed E-state index contributed by atoms with van der Waals surface area (Å²) in [5.41, 5.74) is 2.80. The molecule has 5 nitrogen and oxygen atoms in total. The topological polar surface area (TPSA) is 59.8 Å². The standard InChI is InChI=1S/C23H17NO4/c25-22-6-3-13-24(22)16-9-7-15(8-10-16)23(26)27-17-11-12-21-19(14-17)18-4-1-2-5-20(18)28-21/h1-2,4-5,7-12,14H,3,6,13H2. The van der Waals surface area contributed by atoms with Crippen molar-refractivity contribution in [2.24, 2.45) is 0 Å². The van der Waals surface area contributed by atoms with Crippen molar-refractivity contribution in [3.8, 4) is 5.75 Å². The number of hydrogen-bond donors (Lipinski definition) is 0. The van der Waals surface area contributed by atoms with Gasteiger partial charge in [0.25, 0.3) is 0 Å². The minimum atomic E-state index is -0.438. The van der Waals surface area contributed by atoms with Gasteiger partial charge in [-0.05, 0) is 55.0 Å². The lowest BCUT2D eigenvalue weighted by molar-refractivity contribution is -0.117. The Labute approximate surface area is 161 Å². The fourth-order valence-electron chi connectivity index (χ4n) is 3.63. The van der Waals surface area contributed by atoms with E-state index in [1.165, 1.54) is 0 Å². The molecule has 0 atom stereocenters. The second kappa shape index (κ2) is 6.53. The van der Waals surface area contributed by atoms with Crippen molar-refractivity contribution in [2.45, 2.75) is 12.8 Å². The van der Waals surface area contributed by atoms with Crippen molar-refractivity contribution in [2.75, 3.05) is 11.4 Å². The van der Waals surface area contributed by atoms with E-state index in [1.54, 1.807) is 41.3 Å². The Balaban J connectivity index is 1.39. The lowest BCUT2D eigenvalue weighted by Crippen LogP contribution is -2.23. The predicted octanol–water partition coefficient (Wildman–Crippen LogP) is 4.93. The molecule has 1 amide bonds. The minimum Gasteiger partial charge on any atom is -0.456 e. The van der Waals surface area contributed by atoms with Crippen LogP contribution in [0, 0.1) is 0 Å². The molecule has 5 rings (SSSR count). The summed E-state index contributed by atoms with van der Waals surface area (Å²) in [6.07, 6.45) is 1.45. The number of esters is 1. The van der Waals surface area contributed by atoms with E-state index < -0.39 is 5.97 Å². The van der Waals surface area contributed by atoms with Crippen molar-refractivity contribution in [3.63, 3.8) is 0 Å². The van der Waals surface area contributed by atoms with Gasteiger partial charge in [-0.2, -0.15) is 0 Å². The smallest absolute Gasteiger partial charge is 0.343 e. The highest BCUT2D eigenvalue weighted by atomic mass is 16.5. The average molecular weight is 371 g/mol. The van der Waals surface area contributed by atoms with Crippen molar-refractivity contribution >= 4 is 39.5 Å². The number of para-hydroxylation sites is 1. The molecule has 1 saturated heterocycles. The highest BCUT2D eigenvalue weighted by Crippen LogP contribution is 2.31. The normalized spacial score (nSPS) is 14.1. The van der Waals surface area contributed by atoms with Crippen molar-refractivity contribution in [3.05, 3.63) is 72.3 Å². The van der Waals surface area contributed by atoms with Crippen LogP contribution >= 0.6 is 0 Å². The number of fused-ring (bicyclic) bond motifs is 3. The van der Waals surface area contributed by atoms with Gasteiger partial charge in [0.1, 0.15) is 16.9 Å². The second-order valence-electron chi connectivity index (χ2n) is 6.84. The molecule has 0 aliphatic carbocycles. The molecule has 1 aromatic heterocycles. The molecule has 0 spiro atoms. The first kappa shape index (κ1) is 16.6. The van der Waals surface area contributed by atoms with Crippen LogP contribution in [0.3, 0.4) is 0 Å². The molecule has 1 fully saturated rings. The number of anilines is 1. The van der Waals surface area contributed by atoms with Crippen molar-refractivity contribution in [1.82, 2.24) is 0 Å². The molecular formula is C23H17NO4. The Morgan fingerprint density at radius 3 is 2.50 bits per heavy atom. The van der Waals surface area contributed by atoms with E-state index >= 15 is 0 Å². The number of carbonyl (C=O) groups is 2. The summed E-state index contributed by atoms with van der Waals surface area (Å²) < 4.78 is 11.3. The largest absolute Gasteiger partial charge is 0.456 e. The van der Waals surface area contributed by atoms with Crippen LogP contribution in [-0.4, -0.2) is 18.4 Å². The minimum absolute atomic E-state index is 0.121. The zero-order valence-electron chi connectivity index (χ0n) is 15.1. The number of rotatable bonds is 3. The summed E-state index contributed by atoms with van der Waals surface area (Å²) in [7, 11) is 0. The van der Waals surface area contributed by atoms with Crippen molar-refractivity contribution in [1.29, 1.82) is 0 Å². The summed E-state index contributed by atoms with van der Waals surface area (Å²) in [4.78, 5) is 26.1. The number of amides is 1. The van der Waals surface area contributed by atoms with E-state index in [2.05, 4.69) is 0 Å². The van der Waals surface area contributed by atoms with Gasteiger partial charge in [-0.15, -0.1) is 0 Å². The summed E-state index contributed by atoms with van der Waals surface area (Å²) >= 11 is 0. The van der Waals surface area contributed by atoms with E-state index in [9.17, 15) is 9.59 Å². The van der Waals surface area contributed by atoms with Gasteiger partial charge in [0.15, 0.2) is 0 Å². The quantitative estimate of drug-likeness (QED) is 0.378. The molecular weight excluding hydrogens is 354 g/mol. The van der Waals surface area contributed by atoms with Gasteiger partial charge in [-0.3, -0.25) is 4.79 Å². The fraction of sp³-hybridized carbons (Fsp3) is 0.130. The lowest BCUT2D eigenvalue weighted by atomic mass is 10.1. The van der Waals surface area contributed by atoms with E-state index in [0.717, 1.165) is 40.6 Å². The Kier molecular flexibility index (Phi) is 3.86. The third-order valence-corrected chi connectivity index (χ3v) is 5.05. The monoisotopic (exact) mass is 371 g/mol. The third-order valence-electron chi connectivity index (χ3n) is 5.05. The van der Waals surface area contributed by atoms with Crippen LogP contribution in [-0.2, 0) is 4.79 Å². The first-order chi connectivity index (χ1) is 13.7. The van der Waals surface area contributed by atoms with Crippen molar-refractivity contribution < 1.29 is 18.7 Å². The van der Waals surface area contributed by atoms with Gasteiger partial charge in [0.05, 0.1) is 5.56 Å². The fourth-order valence-corrected chi connectivity index (χ4v) is 3.63. The molecule has 28 heavy (non-hydrogen) atoms. The Morgan fingerprint density at radius 1 is 0.929 bits per heavy atom. The maximum Gasteiger partial charge on any atom is 0.343 e. The van der Waals surface area contributed by atoms with Gasteiger partial charge in [-0.25, -0.2) is 4.79 Å². The van der Waals surface area contributed by atoms with E-state index in [0.29, 0.717) is 17.7 Å². The Hall–Kier alpha value is -3.60. The maximum atomic E-state index is 12.5. The van der Waals surface area contributed by atoms with Crippen LogP contribution in [0.25, 0.3) is 21.9 Å². The zero-order chi connectivity index (χ0) is 19.1. The van der Waals surface area contributed by atoms with Crippen LogP contribution in [0.2, 0.25) is 0 Å². The van der Waals surface area contributed by atoms with Crippen LogP contribution in [0.15, 0.2) is 71.1 Å². The molecule has 0 N–H and O–H groups in total. The van der Waals surface area contributed by atoms with Gasteiger partial charge < -0.3 is 14.1 Å². The third kappa shape index (κ3) is 2.81. The molecule has 1 aliphatic heterocycles. The molecule has 0 radical (unpaired) electrons. The van der Waals surface area contributed by atoms with E-state index in [-0.39, 0.29) is 5.91 Å². The van der Waals surface area contributed by atoms with E-state index in [1.807, 2.05) is 30.3 Å².